The van der Waals surface area contributed by atoms with E-state index < -0.39 is 0 Å². The molecule has 0 aromatic carbocycles. The van der Waals surface area contributed by atoms with Gasteiger partial charge in [0, 0.05) is 14.0 Å². The molecule has 1 aromatic rings. The molecular formula is C5H9N3O2. The van der Waals surface area contributed by atoms with Gasteiger partial charge in [-0.25, -0.2) is 5.41 Å². The van der Waals surface area contributed by atoms with E-state index in [1.165, 1.54) is 11.8 Å². The lowest BCUT2D eigenvalue weighted by Crippen LogP contribution is -2.16. The molecule has 0 saturated carbocycles. The Hall–Kier alpha value is -1.10. The molecule has 1 N–H and O–H groups in total. The van der Waals surface area contributed by atoms with Crippen LogP contribution in [0, 0.1) is 12.3 Å². The lowest BCUT2D eigenvalue weighted by Gasteiger charge is -1.92. The Labute approximate surface area is 57.7 Å². The summed E-state index contributed by atoms with van der Waals surface area (Å²) in [5.74, 6) is 0.474. The van der Waals surface area contributed by atoms with Crippen molar-refractivity contribution in [3.63, 3.8) is 0 Å². The molecule has 0 unspecified atom stereocenters. The number of rotatable bonds is 2. The number of hydrogen-bond donors (Lipinski definition) is 1. The third-order valence-electron chi connectivity index (χ3n) is 0.992. The van der Waals surface area contributed by atoms with Crippen LogP contribution in [0.3, 0.4) is 0 Å². The minimum Gasteiger partial charge on any atom is -0.409 e. The molecule has 0 aliphatic heterocycles. The van der Waals surface area contributed by atoms with Crippen molar-refractivity contribution in [3.8, 4) is 0 Å². The summed E-state index contributed by atoms with van der Waals surface area (Å²) in [4.78, 5) is 0. The Morgan fingerprint density at radius 3 is 2.90 bits per heavy atom. The highest BCUT2D eigenvalue weighted by Gasteiger charge is 1.97. The van der Waals surface area contributed by atoms with Gasteiger partial charge in [-0.1, -0.05) is 0 Å². The predicted octanol–water partition coefficient (Wildman–Crippen LogP) is -0.132. The van der Waals surface area contributed by atoms with Gasteiger partial charge in [-0.3, -0.25) is 0 Å². The van der Waals surface area contributed by atoms with Crippen LogP contribution < -0.4 is 5.68 Å². The quantitative estimate of drug-likeness (QED) is 0.627. The zero-order valence-corrected chi connectivity index (χ0v) is 5.92. The van der Waals surface area contributed by atoms with Crippen molar-refractivity contribution < 1.29 is 9.15 Å². The zero-order chi connectivity index (χ0) is 7.56. The van der Waals surface area contributed by atoms with Gasteiger partial charge in [0.1, 0.15) is 6.73 Å². The van der Waals surface area contributed by atoms with Gasteiger partial charge in [0.15, 0.2) is 0 Å². The Morgan fingerprint density at radius 1 is 1.80 bits per heavy atom. The van der Waals surface area contributed by atoms with Gasteiger partial charge in [0.25, 0.3) is 0 Å². The number of nitrogens with zero attached hydrogens (tertiary/aromatic N) is 2. The zero-order valence-electron chi connectivity index (χ0n) is 5.92. The Balaban J connectivity index is 2.92. The van der Waals surface area contributed by atoms with E-state index in [2.05, 4.69) is 5.10 Å². The van der Waals surface area contributed by atoms with E-state index >= 15 is 0 Å². The molecule has 0 amide bonds. The van der Waals surface area contributed by atoms with Gasteiger partial charge in [0.05, 0.1) is 0 Å². The molecule has 0 fully saturated rings. The van der Waals surface area contributed by atoms with E-state index in [9.17, 15) is 0 Å². The molecule has 0 bridgehead atoms. The minimum absolute atomic E-state index is 0.0133. The molecule has 0 saturated heterocycles. The molecule has 0 aliphatic carbocycles. The first-order valence-corrected chi connectivity index (χ1v) is 2.82. The molecule has 0 radical (unpaired) electrons. The van der Waals surface area contributed by atoms with Gasteiger partial charge >= 0.3 is 5.68 Å². The van der Waals surface area contributed by atoms with Crippen LogP contribution in [0.5, 0.6) is 0 Å². The van der Waals surface area contributed by atoms with Crippen LogP contribution >= 0.6 is 0 Å². The summed E-state index contributed by atoms with van der Waals surface area (Å²) in [6.07, 6.45) is 0. The van der Waals surface area contributed by atoms with Crippen LogP contribution in [0.15, 0.2) is 4.42 Å². The highest BCUT2D eigenvalue weighted by molar-refractivity contribution is 4.63. The molecule has 5 heteroatoms. The van der Waals surface area contributed by atoms with Crippen LogP contribution in [-0.4, -0.2) is 16.9 Å². The number of aromatic nitrogens is 2. The predicted molar refractivity (Wildman–Crippen MR) is 32.1 cm³/mol. The Bertz CT molecular complexity index is 262. The number of hydrogen-bond acceptors (Lipinski definition) is 4. The van der Waals surface area contributed by atoms with Crippen molar-refractivity contribution in [2.75, 3.05) is 7.11 Å². The second-order valence-corrected chi connectivity index (χ2v) is 1.84. The van der Waals surface area contributed by atoms with Crippen molar-refractivity contribution in [2.45, 2.75) is 13.7 Å². The lowest BCUT2D eigenvalue weighted by atomic mass is 10.8. The first kappa shape index (κ1) is 7.01. The second kappa shape index (κ2) is 2.66. The minimum atomic E-state index is 0.0133. The molecule has 56 valence electrons. The summed E-state index contributed by atoms with van der Waals surface area (Å²) in [6.45, 7) is 1.94. The SMILES string of the molecule is COCn1nc(C)oc1=N. The smallest absolute Gasteiger partial charge is 0.314 e. The third-order valence-corrected chi connectivity index (χ3v) is 0.992. The summed E-state index contributed by atoms with van der Waals surface area (Å²) >= 11 is 0. The van der Waals surface area contributed by atoms with Crippen LogP contribution in [0.4, 0.5) is 0 Å². The Morgan fingerprint density at radius 2 is 2.50 bits per heavy atom. The fraction of sp³-hybridized carbons (Fsp3) is 0.600. The van der Waals surface area contributed by atoms with Gasteiger partial charge in [-0.2, -0.15) is 4.68 Å². The van der Waals surface area contributed by atoms with Crippen molar-refractivity contribution >= 4 is 0 Å². The summed E-state index contributed by atoms with van der Waals surface area (Å²) in [5.41, 5.74) is 0.0133. The van der Waals surface area contributed by atoms with Crippen molar-refractivity contribution in [2.24, 2.45) is 0 Å². The largest absolute Gasteiger partial charge is 0.409 e. The topological polar surface area (TPSA) is 64.0 Å². The molecule has 10 heavy (non-hydrogen) atoms. The van der Waals surface area contributed by atoms with Crippen molar-refractivity contribution in [1.29, 1.82) is 5.41 Å². The molecule has 1 rings (SSSR count). The van der Waals surface area contributed by atoms with Crippen molar-refractivity contribution in [3.05, 3.63) is 11.6 Å². The van der Waals surface area contributed by atoms with Gasteiger partial charge in [0.2, 0.25) is 5.89 Å². The van der Waals surface area contributed by atoms with E-state index in [0.717, 1.165) is 0 Å². The molecule has 0 spiro atoms. The fourth-order valence-electron chi connectivity index (χ4n) is 0.638. The van der Waals surface area contributed by atoms with Gasteiger partial charge in [-0.15, -0.1) is 5.10 Å². The lowest BCUT2D eigenvalue weighted by molar-refractivity contribution is 0.113. The summed E-state index contributed by atoms with van der Waals surface area (Å²) in [6, 6.07) is 0. The highest BCUT2D eigenvalue weighted by Crippen LogP contribution is 1.84. The van der Waals surface area contributed by atoms with E-state index in [4.69, 9.17) is 14.6 Å². The van der Waals surface area contributed by atoms with Crippen LogP contribution in [0.25, 0.3) is 0 Å². The first-order chi connectivity index (χ1) is 4.74. The number of methoxy groups -OCH3 is 1. The maximum Gasteiger partial charge on any atom is 0.314 e. The summed E-state index contributed by atoms with van der Waals surface area (Å²) in [7, 11) is 1.54. The maximum atomic E-state index is 7.15. The summed E-state index contributed by atoms with van der Waals surface area (Å²) < 4.78 is 10.9. The van der Waals surface area contributed by atoms with E-state index in [1.54, 1.807) is 6.92 Å². The van der Waals surface area contributed by atoms with Crippen LogP contribution in [0.1, 0.15) is 5.89 Å². The first-order valence-electron chi connectivity index (χ1n) is 2.82. The average molecular weight is 143 g/mol. The van der Waals surface area contributed by atoms with Crippen LogP contribution in [-0.2, 0) is 11.5 Å². The molecule has 0 atom stereocenters. The van der Waals surface area contributed by atoms with Crippen LogP contribution in [0.2, 0.25) is 0 Å². The fourth-order valence-corrected chi connectivity index (χ4v) is 0.638. The maximum absolute atomic E-state index is 7.15. The number of nitrogens with one attached hydrogen (secondary N) is 1. The molecular weight excluding hydrogens is 134 g/mol. The number of ether oxygens (including phenoxy) is 1. The van der Waals surface area contributed by atoms with Crippen molar-refractivity contribution in [1.82, 2.24) is 9.78 Å². The molecule has 0 aliphatic rings. The number of aryl methyl sites for hydroxylation is 1. The second-order valence-electron chi connectivity index (χ2n) is 1.84. The molecule has 1 heterocycles. The normalized spacial score (nSPS) is 10.2. The highest BCUT2D eigenvalue weighted by atomic mass is 16.5. The van der Waals surface area contributed by atoms with E-state index in [0.29, 0.717) is 5.89 Å². The monoisotopic (exact) mass is 143 g/mol. The summed E-state index contributed by atoms with van der Waals surface area (Å²) in [5, 5.41) is 11.0. The Kier molecular flexibility index (Phi) is 1.86. The van der Waals surface area contributed by atoms with E-state index in [-0.39, 0.29) is 12.4 Å². The molecule has 1 aromatic heterocycles. The van der Waals surface area contributed by atoms with Gasteiger partial charge in [-0.05, 0) is 0 Å². The standard InChI is InChI=1S/C5H9N3O2/c1-4-7-8(3-9-2)5(6)10-4/h6H,3H2,1-2H3. The van der Waals surface area contributed by atoms with E-state index in [1.807, 2.05) is 0 Å². The third kappa shape index (κ3) is 1.24. The van der Waals surface area contributed by atoms with Gasteiger partial charge < -0.3 is 9.15 Å². The average Bonchev–Trinajstić information content (AvgIpc) is 2.13. The molecule has 5 nitrogen and oxygen atoms in total.